The van der Waals surface area contributed by atoms with Crippen molar-refractivity contribution >= 4 is 10.0 Å². The van der Waals surface area contributed by atoms with E-state index in [1.165, 1.54) is 10.7 Å². The molecular formula is C16H24F2N2O4S. The molecule has 1 aromatic heterocycles. The molecule has 0 saturated carbocycles. The number of nitrogens with zero attached hydrogens (tertiary/aromatic N) is 2. The number of rotatable bonds is 5. The van der Waals surface area contributed by atoms with Crippen LogP contribution in [0, 0.1) is 5.41 Å². The van der Waals surface area contributed by atoms with Crippen LogP contribution in [0.25, 0.3) is 0 Å². The van der Waals surface area contributed by atoms with E-state index in [2.05, 4.69) is 4.98 Å². The van der Waals surface area contributed by atoms with E-state index in [9.17, 15) is 17.2 Å². The Kier molecular flexibility index (Phi) is 5.18. The number of alkyl halides is 2. The molecule has 0 amide bonds. The number of aromatic nitrogens is 1. The fraction of sp³-hybridized carbons (Fsp3) is 0.812. The molecule has 0 radical (unpaired) electrons. The average Bonchev–Trinajstić information content (AvgIpc) is 3.09. The van der Waals surface area contributed by atoms with Gasteiger partial charge in [0.2, 0.25) is 10.0 Å². The lowest BCUT2D eigenvalue weighted by atomic mass is 9.77. The van der Waals surface area contributed by atoms with Gasteiger partial charge in [0.05, 0.1) is 17.4 Å². The number of halogens is 2. The Balaban J connectivity index is 1.69. The largest absolute Gasteiger partial charge is 0.448 e. The summed E-state index contributed by atoms with van der Waals surface area (Å²) < 4.78 is 65.9. The molecule has 2 aliphatic heterocycles. The Bertz CT molecular complexity index is 659. The SMILES string of the molecule is CC(F)(F)C1(CS(=O)(=O)N2CCC(c3cnco3)CC2)CCOCC1. The third-order valence-electron chi connectivity index (χ3n) is 5.54. The summed E-state index contributed by atoms with van der Waals surface area (Å²) in [6, 6.07) is 0. The Hall–Kier alpha value is -1.06. The molecule has 0 spiro atoms. The van der Waals surface area contributed by atoms with Crippen molar-refractivity contribution in [3.8, 4) is 0 Å². The van der Waals surface area contributed by atoms with Gasteiger partial charge in [-0.05, 0) is 32.6 Å². The summed E-state index contributed by atoms with van der Waals surface area (Å²) in [7, 11) is -3.77. The first-order valence-corrected chi connectivity index (χ1v) is 10.2. The number of oxazole rings is 1. The van der Waals surface area contributed by atoms with Crippen LogP contribution in [0.2, 0.25) is 0 Å². The van der Waals surface area contributed by atoms with E-state index >= 15 is 0 Å². The van der Waals surface area contributed by atoms with E-state index in [-0.39, 0.29) is 32.0 Å². The Labute approximate surface area is 146 Å². The molecule has 25 heavy (non-hydrogen) atoms. The molecule has 3 rings (SSSR count). The zero-order valence-corrected chi connectivity index (χ0v) is 15.1. The second-order valence-corrected chi connectivity index (χ2v) is 9.08. The predicted octanol–water partition coefficient (Wildman–Crippen LogP) is 2.64. The predicted molar refractivity (Wildman–Crippen MR) is 86.9 cm³/mol. The molecule has 0 bridgehead atoms. The molecular weight excluding hydrogens is 354 g/mol. The summed E-state index contributed by atoms with van der Waals surface area (Å²) in [5.41, 5.74) is -1.55. The van der Waals surface area contributed by atoms with Crippen molar-refractivity contribution in [2.45, 2.75) is 44.4 Å². The van der Waals surface area contributed by atoms with Crippen LogP contribution in [0.4, 0.5) is 8.78 Å². The fourth-order valence-corrected chi connectivity index (χ4v) is 5.95. The first-order chi connectivity index (χ1) is 11.7. The van der Waals surface area contributed by atoms with Crippen LogP contribution in [0.15, 0.2) is 17.0 Å². The second-order valence-electron chi connectivity index (χ2n) is 7.11. The molecule has 9 heteroatoms. The van der Waals surface area contributed by atoms with Crippen molar-refractivity contribution in [3.05, 3.63) is 18.4 Å². The number of hydrogen-bond donors (Lipinski definition) is 0. The third-order valence-corrected chi connectivity index (χ3v) is 7.61. The highest BCUT2D eigenvalue weighted by Gasteiger charge is 2.53. The molecule has 2 aliphatic rings. The lowest BCUT2D eigenvalue weighted by Gasteiger charge is -2.42. The minimum absolute atomic E-state index is 0.0598. The summed E-state index contributed by atoms with van der Waals surface area (Å²) in [4.78, 5) is 3.88. The lowest BCUT2D eigenvalue weighted by molar-refractivity contribution is -0.139. The second kappa shape index (κ2) is 6.92. The molecule has 142 valence electrons. The zero-order valence-electron chi connectivity index (χ0n) is 14.3. The van der Waals surface area contributed by atoms with Gasteiger partial charge in [0.25, 0.3) is 5.92 Å². The number of hydrogen-bond acceptors (Lipinski definition) is 5. The van der Waals surface area contributed by atoms with E-state index in [1.54, 1.807) is 6.20 Å². The number of piperidine rings is 1. The van der Waals surface area contributed by atoms with Gasteiger partial charge in [-0.15, -0.1) is 0 Å². The van der Waals surface area contributed by atoms with Gasteiger partial charge < -0.3 is 9.15 Å². The van der Waals surface area contributed by atoms with Crippen LogP contribution in [0.5, 0.6) is 0 Å². The quantitative estimate of drug-likeness (QED) is 0.788. The molecule has 0 N–H and O–H groups in total. The number of ether oxygens (including phenoxy) is 1. The normalized spacial score (nSPS) is 23.6. The molecule has 2 saturated heterocycles. The fourth-order valence-electron chi connectivity index (χ4n) is 3.76. The van der Waals surface area contributed by atoms with Gasteiger partial charge in [0, 0.05) is 32.2 Å². The minimum Gasteiger partial charge on any atom is -0.448 e. The smallest absolute Gasteiger partial charge is 0.252 e. The van der Waals surface area contributed by atoms with E-state index < -0.39 is 27.1 Å². The molecule has 0 aliphatic carbocycles. The maximum Gasteiger partial charge on any atom is 0.252 e. The van der Waals surface area contributed by atoms with Gasteiger partial charge >= 0.3 is 0 Å². The molecule has 1 aromatic rings. The Morgan fingerprint density at radius 1 is 1.32 bits per heavy atom. The monoisotopic (exact) mass is 378 g/mol. The van der Waals surface area contributed by atoms with Crippen molar-refractivity contribution in [2.75, 3.05) is 32.1 Å². The van der Waals surface area contributed by atoms with Crippen molar-refractivity contribution < 1.29 is 26.4 Å². The first kappa shape index (κ1) is 18.7. The van der Waals surface area contributed by atoms with E-state index in [4.69, 9.17) is 9.15 Å². The van der Waals surface area contributed by atoms with Gasteiger partial charge in [0.15, 0.2) is 6.39 Å². The highest BCUT2D eigenvalue weighted by molar-refractivity contribution is 7.89. The molecule has 0 unspecified atom stereocenters. The van der Waals surface area contributed by atoms with Gasteiger partial charge in [-0.25, -0.2) is 26.5 Å². The van der Waals surface area contributed by atoms with Crippen molar-refractivity contribution in [2.24, 2.45) is 5.41 Å². The van der Waals surface area contributed by atoms with Crippen LogP contribution >= 0.6 is 0 Å². The summed E-state index contributed by atoms with van der Waals surface area (Å²) in [6.45, 7) is 1.80. The van der Waals surface area contributed by atoms with E-state index in [0.29, 0.717) is 25.9 Å². The maximum atomic E-state index is 14.3. The highest BCUT2D eigenvalue weighted by atomic mass is 32.2. The summed E-state index contributed by atoms with van der Waals surface area (Å²) in [6.07, 6.45) is 4.33. The number of sulfonamides is 1. The summed E-state index contributed by atoms with van der Waals surface area (Å²) in [5, 5.41) is 0. The van der Waals surface area contributed by atoms with Gasteiger partial charge in [-0.1, -0.05) is 0 Å². The third kappa shape index (κ3) is 3.88. The van der Waals surface area contributed by atoms with Crippen molar-refractivity contribution in [1.82, 2.24) is 9.29 Å². The molecule has 3 heterocycles. The van der Waals surface area contributed by atoms with Crippen LogP contribution in [-0.4, -0.2) is 55.7 Å². The van der Waals surface area contributed by atoms with Crippen molar-refractivity contribution in [1.29, 1.82) is 0 Å². The van der Waals surface area contributed by atoms with Gasteiger partial charge in [-0.3, -0.25) is 0 Å². The first-order valence-electron chi connectivity index (χ1n) is 8.55. The molecule has 6 nitrogen and oxygen atoms in total. The summed E-state index contributed by atoms with van der Waals surface area (Å²) in [5.74, 6) is -2.72. The van der Waals surface area contributed by atoms with Crippen LogP contribution in [0.1, 0.15) is 44.3 Å². The maximum absolute atomic E-state index is 14.3. The van der Waals surface area contributed by atoms with Gasteiger partial charge in [-0.2, -0.15) is 0 Å². The molecule has 0 aromatic carbocycles. The van der Waals surface area contributed by atoms with Crippen LogP contribution in [-0.2, 0) is 14.8 Å². The summed E-state index contributed by atoms with van der Waals surface area (Å²) >= 11 is 0. The lowest BCUT2D eigenvalue weighted by Crippen LogP contribution is -2.51. The zero-order chi connectivity index (χ0) is 18.1. The Morgan fingerprint density at radius 2 is 1.96 bits per heavy atom. The Morgan fingerprint density at radius 3 is 2.48 bits per heavy atom. The highest BCUT2D eigenvalue weighted by Crippen LogP contribution is 2.46. The van der Waals surface area contributed by atoms with Gasteiger partial charge in [0.1, 0.15) is 5.76 Å². The average molecular weight is 378 g/mol. The van der Waals surface area contributed by atoms with Crippen molar-refractivity contribution in [3.63, 3.8) is 0 Å². The standard InChI is InChI=1S/C16H24F2N2O4S/c1-15(17,18)16(4-8-23-9-5-16)11-25(21,22)20-6-2-13(3-7-20)14-10-19-12-24-14/h10,12-13H,2-9,11H2,1H3. The van der Waals surface area contributed by atoms with Crippen LogP contribution < -0.4 is 0 Å². The minimum atomic E-state index is -3.77. The molecule has 0 atom stereocenters. The molecule has 2 fully saturated rings. The van der Waals surface area contributed by atoms with E-state index in [1.807, 2.05) is 0 Å². The van der Waals surface area contributed by atoms with Crippen LogP contribution in [0.3, 0.4) is 0 Å². The van der Waals surface area contributed by atoms with E-state index in [0.717, 1.165) is 12.7 Å². The topological polar surface area (TPSA) is 72.6 Å².